The minimum absolute atomic E-state index is 0.219. The molecule has 0 unspecified atom stereocenters. The van der Waals surface area contributed by atoms with E-state index >= 15 is 0 Å². The zero-order valence-electron chi connectivity index (χ0n) is 14.8. The number of rotatable bonds is 5. The molecule has 3 heterocycles. The molecule has 0 radical (unpaired) electrons. The summed E-state index contributed by atoms with van der Waals surface area (Å²) in [6.45, 7) is 4.82. The first-order valence-corrected chi connectivity index (χ1v) is 8.75. The molecule has 0 N–H and O–H groups in total. The van der Waals surface area contributed by atoms with Crippen LogP contribution < -0.4 is 0 Å². The molecule has 24 heavy (non-hydrogen) atoms. The van der Waals surface area contributed by atoms with Gasteiger partial charge in [0.05, 0.1) is 24.0 Å². The molecule has 1 aromatic rings. The third-order valence-corrected chi connectivity index (χ3v) is 5.42. The predicted octanol–water partition coefficient (Wildman–Crippen LogP) is 1.44. The Hall–Kier alpha value is -1.66. The van der Waals surface area contributed by atoms with E-state index in [-0.39, 0.29) is 5.41 Å². The zero-order valence-corrected chi connectivity index (χ0v) is 14.8. The lowest BCUT2D eigenvalue weighted by atomic mass is 9.74. The fourth-order valence-electron chi connectivity index (χ4n) is 3.73. The highest BCUT2D eigenvalue weighted by Gasteiger charge is 2.43. The highest BCUT2D eigenvalue weighted by molar-refractivity contribution is 5.83. The molecule has 2 aliphatic heterocycles. The van der Waals surface area contributed by atoms with Crippen LogP contribution in [0.3, 0.4) is 0 Å². The number of piperidine rings is 1. The number of amides is 1. The number of aromatic nitrogens is 2. The third kappa shape index (κ3) is 3.54. The average Bonchev–Trinajstić information content (AvgIpc) is 2.93. The lowest BCUT2D eigenvalue weighted by molar-refractivity contribution is -0.144. The molecule has 1 aromatic heterocycles. The number of likely N-dealkylation sites (tertiary alicyclic amines) is 1. The fraction of sp³-hybridized carbons (Fsp3) is 0.667. The number of ether oxygens (including phenoxy) is 1. The van der Waals surface area contributed by atoms with Gasteiger partial charge in [0.1, 0.15) is 0 Å². The van der Waals surface area contributed by atoms with Crippen molar-refractivity contribution in [1.29, 1.82) is 0 Å². The number of allylic oxidation sites excluding steroid dienone is 1. The first-order valence-electron chi connectivity index (χ1n) is 8.75. The average molecular weight is 332 g/mol. The first kappa shape index (κ1) is 17.2. The SMILES string of the molecule is COCCN1CC=CCC2(CCN(Cc3cncn3C)CC2)C1=O. The van der Waals surface area contributed by atoms with Gasteiger partial charge in [0, 0.05) is 40.0 Å². The van der Waals surface area contributed by atoms with Gasteiger partial charge in [-0.25, -0.2) is 4.98 Å². The Morgan fingerprint density at radius 2 is 2.08 bits per heavy atom. The van der Waals surface area contributed by atoms with Crippen molar-refractivity contribution in [3.8, 4) is 0 Å². The first-order chi connectivity index (χ1) is 11.6. The molecule has 6 nitrogen and oxygen atoms in total. The number of imidazole rings is 1. The number of hydrogen-bond donors (Lipinski definition) is 0. The van der Waals surface area contributed by atoms with E-state index in [1.165, 1.54) is 5.69 Å². The molecule has 3 rings (SSSR count). The van der Waals surface area contributed by atoms with Gasteiger partial charge in [0.25, 0.3) is 0 Å². The van der Waals surface area contributed by atoms with Crippen molar-refractivity contribution in [2.24, 2.45) is 12.5 Å². The van der Waals surface area contributed by atoms with Crippen LogP contribution in [0, 0.1) is 5.41 Å². The largest absolute Gasteiger partial charge is 0.383 e. The van der Waals surface area contributed by atoms with Gasteiger partial charge >= 0.3 is 0 Å². The van der Waals surface area contributed by atoms with Crippen LogP contribution in [0.15, 0.2) is 24.7 Å². The second kappa shape index (κ2) is 7.49. The minimum atomic E-state index is -0.219. The molecule has 1 saturated heterocycles. The molecular formula is C18H28N4O2. The maximum atomic E-state index is 13.1. The van der Waals surface area contributed by atoms with Crippen LogP contribution in [-0.4, -0.2) is 65.2 Å². The molecule has 2 aliphatic rings. The van der Waals surface area contributed by atoms with Gasteiger partial charge in [-0.1, -0.05) is 12.2 Å². The van der Waals surface area contributed by atoms with Crippen LogP contribution in [0.25, 0.3) is 0 Å². The van der Waals surface area contributed by atoms with Crippen molar-refractivity contribution in [2.75, 3.05) is 39.9 Å². The zero-order chi connectivity index (χ0) is 17.0. The summed E-state index contributed by atoms with van der Waals surface area (Å²) in [5.41, 5.74) is 1.00. The fourth-order valence-corrected chi connectivity index (χ4v) is 3.73. The smallest absolute Gasteiger partial charge is 0.229 e. The van der Waals surface area contributed by atoms with Crippen LogP contribution >= 0.6 is 0 Å². The summed E-state index contributed by atoms with van der Waals surface area (Å²) in [6, 6.07) is 0. The van der Waals surface area contributed by atoms with Crippen molar-refractivity contribution in [3.05, 3.63) is 30.4 Å². The summed E-state index contributed by atoms with van der Waals surface area (Å²) < 4.78 is 7.23. The maximum absolute atomic E-state index is 13.1. The Bertz CT molecular complexity index is 588. The number of carbonyl (C=O) groups excluding carboxylic acids is 1. The molecule has 0 atom stereocenters. The summed E-state index contributed by atoms with van der Waals surface area (Å²) in [5, 5.41) is 0. The maximum Gasteiger partial charge on any atom is 0.229 e. The Labute approximate surface area is 144 Å². The third-order valence-electron chi connectivity index (χ3n) is 5.42. The molecule has 1 fully saturated rings. The van der Waals surface area contributed by atoms with Crippen LogP contribution in [0.4, 0.5) is 0 Å². The molecule has 0 saturated carbocycles. The second-order valence-corrected chi connectivity index (χ2v) is 6.97. The van der Waals surface area contributed by atoms with E-state index in [0.717, 1.165) is 38.9 Å². The molecule has 0 aromatic carbocycles. The monoisotopic (exact) mass is 332 g/mol. The molecule has 6 heteroatoms. The summed E-state index contributed by atoms with van der Waals surface area (Å²) in [5.74, 6) is 0.310. The minimum Gasteiger partial charge on any atom is -0.383 e. The van der Waals surface area contributed by atoms with Gasteiger partial charge in [-0.15, -0.1) is 0 Å². The summed E-state index contributed by atoms with van der Waals surface area (Å²) in [4.78, 5) is 21.7. The number of carbonyl (C=O) groups is 1. The van der Waals surface area contributed by atoms with Crippen molar-refractivity contribution >= 4 is 5.91 Å². The summed E-state index contributed by atoms with van der Waals surface area (Å²) in [6.07, 6.45) is 10.8. The Kier molecular flexibility index (Phi) is 5.36. The molecule has 132 valence electrons. The quantitative estimate of drug-likeness (QED) is 0.766. The normalized spacial score (nSPS) is 21.4. The standard InChI is InChI=1S/C18H28N4O2/c1-20-15-19-13-16(20)14-21-9-6-18(7-10-21)5-3-4-8-22(17(18)23)11-12-24-2/h3-4,13,15H,5-12,14H2,1-2H3. The van der Waals surface area contributed by atoms with Gasteiger partial charge in [-0.2, -0.15) is 0 Å². The summed E-state index contributed by atoms with van der Waals surface area (Å²) in [7, 11) is 3.71. The van der Waals surface area contributed by atoms with Crippen LogP contribution in [0.1, 0.15) is 25.0 Å². The van der Waals surface area contributed by atoms with Gasteiger partial charge in [0.2, 0.25) is 5.91 Å². The van der Waals surface area contributed by atoms with E-state index in [9.17, 15) is 4.79 Å². The predicted molar refractivity (Wildman–Crippen MR) is 92.4 cm³/mol. The highest BCUT2D eigenvalue weighted by atomic mass is 16.5. The molecule has 1 amide bonds. The van der Waals surface area contributed by atoms with Crippen molar-refractivity contribution in [1.82, 2.24) is 19.4 Å². The van der Waals surface area contributed by atoms with Crippen molar-refractivity contribution < 1.29 is 9.53 Å². The number of nitrogens with zero attached hydrogens (tertiary/aromatic N) is 4. The molecule has 0 aliphatic carbocycles. The van der Waals surface area contributed by atoms with E-state index in [1.807, 2.05) is 24.5 Å². The van der Waals surface area contributed by atoms with E-state index in [1.54, 1.807) is 7.11 Å². The topological polar surface area (TPSA) is 50.6 Å². The molecule has 1 spiro atoms. The van der Waals surface area contributed by atoms with Gasteiger partial charge in [-0.05, 0) is 32.4 Å². The Morgan fingerprint density at radius 3 is 2.75 bits per heavy atom. The van der Waals surface area contributed by atoms with Gasteiger partial charge in [0.15, 0.2) is 0 Å². The number of methoxy groups -OCH3 is 1. The summed E-state index contributed by atoms with van der Waals surface area (Å²) >= 11 is 0. The van der Waals surface area contributed by atoms with Crippen LogP contribution in [0.5, 0.6) is 0 Å². The number of aryl methyl sites for hydroxylation is 1. The van der Waals surface area contributed by atoms with E-state index in [4.69, 9.17) is 4.74 Å². The Morgan fingerprint density at radius 1 is 1.29 bits per heavy atom. The lowest BCUT2D eigenvalue weighted by Gasteiger charge is -2.41. The molecule has 0 bridgehead atoms. The van der Waals surface area contributed by atoms with Crippen molar-refractivity contribution in [3.63, 3.8) is 0 Å². The molecular weight excluding hydrogens is 304 g/mol. The van der Waals surface area contributed by atoms with Gasteiger partial charge in [-0.3, -0.25) is 9.69 Å². The lowest BCUT2D eigenvalue weighted by Crippen LogP contribution is -2.50. The van der Waals surface area contributed by atoms with E-state index < -0.39 is 0 Å². The van der Waals surface area contributed by atoms with Gasteiger partial charge < -0.3 is 14.2 Å². The number of hydrogen-bond acceptors (Lipinski definition) is 4. The van der Waals surface area contributed by atoms with Crippen molar-refractivity contribution in [2.45, 2.75) is 25.8 Å². The van der Waals surface area contributed by atoms with E-state index in [2.05, 4.69) is 26.6 Å². The van der Waals surface area contributed by atoms with Crippen LogP contribution in [-0.2, 0) is 23.1 Å². The Balaban J connectivity index is 1.63. The second-order valence-electron chi connectivity index (χ2n) is 6.97. The highest BCUT2D eigenvalue weighted by Crippen LogP contribution is 2.39. The van der Waals surface area contributed by atoms with E-state index in [0.29, 0.717) is 25.6 Å². The van der Waals surface area contributed by atoms with Crippen LogP contribution in [0.2, 0.25) is 0 Å².